The number of hydrogen-bond donors (Lipinski definition) is 0. The van der Waals surface area contributed by atoms with Gasteiger partial charge in [0.2, 0.25) is 0 Å². The van der Waals surface area contributed by atoms with E-state index in [0.717, 1.165) is 31.4 Å². The van der Waals surface area contributed by atoms with Gasteiger partial charge < -0.3 is 0 Å². The van der Waals surface area contributed by atoms with Crippen molar-refractivity contribution in [3.05, 3.63) is 24.3 Å². The van der Waals surface area contributed by atoms with Gasteiger partial charge in [0.25, 0.3) is 0 Å². The number of nitrogens with zero attached hydrogens (tertiary/aromatic N) is 3. The Balaban J connectivity index is 1.94. The summed E-state index contributed by atoms with van der Waals surface area (Å²) in [6, 6.07) is 1.86. The van der Waals surface area contributed by atoms with Crippen molar-refractivity contribution in [1.29, 1.82) is 0 Å². The van der Waals surface area contributed by atoms with Crippen LogP contribution in [0, 0.1) is 5.92 Å². The van der Waals surface area contributed by atoms with Crippen LogP contribution in [-0.4, -0.2) is 32.8 Å². The molecule has 0 spiro atoms. The van der Waals surface area contributed by atoms with Gasteiger partial charge in [0.1, 0.15) is 5.82 Å². The van der Waals surface area contributed by atoms with Crippen molar-refractivity contribution in [2.45, 2.75) is 24.7 Å². The van der Waals surface area contributed by atoms with Gasteiger partial charge in [0, 0.05) is 30.3 Å². The van der Waals surface area contributed by atoms with E-state index in [1.807, 2.05) is 6.07 Å². The summed E-state index contributed by atoms with van der Waals surface area (Å²) in [6.07, 6.45) is 4.88. The molecule has 0 amide bonds. The van der Waals surface area contributed by atoms with E-state index < -0.39 is 0 Å². The summed E-state index contributed by atoms with van der Waals surface area (Å²) >= 11 is 3.70. The molecule has 0 saturated carbocycles. The third-order valence-electron chi connectivity index (χ3n) is 2.67. The van der Waals surface area contributed by atoms with Gasteiger partial charge in [-0.05, 0) is 18.4 Å². The summed E-state index contributed by atoms with van der Waals surface area (Å²) in [5.74, 6) is 1.68. The summed E-state index contributed by atoms with van der Waals surface area (Å²) in [7, 11) is 0. The highest BCUT2D eigenvalue weighted by molar-refractivity contribution is 9.09. The predicted octanol–water partition coefficient (Wildman–Crippen LogP) is 2.08. The lowest BCUT2D eigenvalue weighted by Gasteiger charge is -2.33. The quantitative estimate of drug-likeness (QED) is 0.770. The molecule has 3 nitrogen and oxygen atoms in total. The van der Waals surface area contributed by atoms with Crippen LogP contribution in [0.15, 0.2) is 18.5 Å². The molecule has 1 aromatic rings. The molecule has 1 saturated heterocycles. The molecule has 82 valence electrons. The minimum Gasteiger partial charge on any atom is -0.295 e. The zero-order valence-corrected chi connectivity index (χ0v) is 10.5. The number of aromatic nitrogens is 2. The second-order valence-electron chi connectivity index (χ2n) is 4.30. The first-order chi connectivity index (χ1) is 7.24. The van der Waals surface area contributed by atoms with Crippen LogP contribution in [0.5, 0.6) is 0 Å². The van der Waals surface area contributed by atoms with Gasteiger partial charge >= 0.3 is 0 Å². The lowest BCUT2D eigenvalue weighted by atomic mass is 10.0. The van der Waals surface area contributed by atoms with Crippen molar-refractivity contribution >= 4 is 15.9 Å². The highest BCUT2D eigenvalue weighted by Crippen LogP contribution is 2.22. The number of piperidine rings is 1. The van der Waals surface area contributed by atoms with E-state index in [1.165, 1.54) is 6.42 Å². The molecule has 2 rings (SSSR count). The lowest BCUT2D eigenvalue weighted by Crippen LogP contribution is -2.39. The molecule has 0 aliphatic carbocycles. The number of rotatable bonds is 2. The van der Waals surface area contributed by atoms with Crippen LogP contribution in [0.1, 0.15) is 19.2 Å². The first-order valence-corrected chi connectivity index (χ1v) is 6.28. The number of likely N-dealkylation sites (tertiary alicyclic amines) is 1. The van der Waals surface area contributed by atoms with Crippen LogP contribution < -0.4 is 0 Å². The summed E-state index contributed by atoms with van der Waals surface area (Å²) < 4.78 is 0. The van der Waals surface area contributed by atoms with E-state index in [4.69, 9.17) is 0 Å². The highest BCUT2D eigenvalue weighted by atomic mass is 79.9. The fourth-order valence-electron chi connectivity index (χ4n) is 2.12. The number of alkyl halides is 1. The molecule has 1 fully saturated rings. The molecule has 0 radical (unpaired) electrons. The van der Waals surface area contributed by atoms with Crippen LogP contribution >= 0.6 is 15.9 Å². The normalized spacial score (nSPS) is 27.9. The molecule has 0 aromatic carbocycles. The second kappa shape index (κ2) is 5.03. The maximum atomic E-state index is 4.25. The molecular formula is C11H16BrN3. The molecule has 2 unspecified atom stereocenters. The number of halogens is 1. The molecule has 2 atom stereocenters. The fourth-order valence-corrected chi connectivity index (χ4v) is 3.17. The Morgan fingerprint density at radius 1 is 1.40 bits per heavy atom. The molecule has 2 heterocycles. The standard InChI is InChI=1S/C11H16BrN3/c1-9-5-10(12)7-15(6-9)8-11-13-3-2-4-14-11/h2-4,9-10H,5-8H2,1H3. The van der Waals surface area contributed by atoms with E-state index in [2.05, 4.69) is 37.7 Å². The molecule has 1 aliphatic rings. The van der Waals surface area contributed by atoms with Gasteiger partial charge in [-0.1, -0.05) is 22.9 Å². The molecule has 1 aliphatic heterocycles. The van der Waals surface area contributed by atoms with E-state index in [9.17, 15) is 0 Å². The largest absolute Gasteiger partial charge is 0.295 e. The Labute approximate surface area is 99.0 Å². The Bertz CT molecular complexity index is 294. The SMILES string of the molecule is CC1CC(Br)CN(Cc2ncccn2)C1. The number of hydrogen-bond acceptors (Lipinski definition) is 3. The first kappa shape index (κ1) is 11.0. The van der Waals surface area contributed by atoms with Crippen molar-refractivity contribution < 1.29 is 0 Å². The second-order valence-corrected chi connectivity index (χ2v) is 5.59. The van der Waals surface area contributed by atoms with Crippen molar-refractivity contribution in [2.75, 3.05) is 13.1 Å². The minimum atomic E-state index is 0.616. The van der Waals surface area contributed by atoms with Gasteiger partial charge in [0.05, 0.1) is 6.54 Å². The van der Waals surface area contributed by atoms with Crippen LogP contribution in [0.25, 0.3) is 0 Å². The summed E-state index contributed by atoms with van der Waals surface area (Å²) in [5, 5.41) is 0. The molecule has 0 N–H and O–H groups in total. The van der Waals surface area contributed by atoms with Crippen molar-refractivity contribution in [3.8, 4) is 0 Å². The summed E-state index contributed by atoms with van der Waals surface area (Å²) in [6.45, 7) is 5.42. The van der Waals surface area contributed by atoms with Crippen LogP contribution in [0.2, 0.25) is 0 Å². The molecule has 1 aromatic heterocycles. The minimum absolute atomic E-state index is 0.616. The van der Waals surface area contributed by atoms with Gasteiger partial charge in [0.15, 0.2) is 0 Å². The van der Waals surface area contributed by atoms with E-state index in [0.29, 0.717) is 4.83 Å². The van der Waals surface area contributed by atoms with Crippen LogP contribution in [0.4, 0.5) is 0 Å². The van der Waals surface area contributed by atoms with Crippen molar-refractivity contribution in [1.82, 2.24) is 14.9 Å². The molecular weight excluding hydrogens is 254 g/mol. The zero-order valence-electron chi connectivity index (χ0n) is 8.93. The maximum Gasteiger partial charge on any atom is 0.142 e. The highest BCUT2D eigenvalue weighted by Gasteiger charge is 2.23. The maximum absolute atomic E-state index is 4.25. The average molecular weight is 270 g/mol. The van der Waals surface area contributed by atoms with Gasteiger partial charge in [-0.2, -0.15) is 0 Å². The Hall–Kier alpha value is -0.480. The third-order valence-corrected chi connectivity index (χ3v) is 3.33. The van der Waals surface area contributed by atoms with Crippen molar-refractivity contribution in [3.63, 3.8) is 0 Å². The van der Waals surface area contributed by atoms with E-state index >= 15 is 0 Å². The zero-order chi connectivity index (χ0) is 10.7. The lowest BCUT2D eigenvalue weighted by molar-refractivity contribution is 0.179. The fraction of sp³-hybridized carbons (Fsp3) is 0.636. The van der Waals surface area contributed by atoms with Crippen LogP contribution in [0.3, 0.4) is 0 Å². The molecule has 4 heteroatoms. The first-order valence-electron chi connectivity index (χ1n) is 5.36. The van der Waals surface area contributed by atoms with Gasteiger partial charge in [-0.3, -0.25) is 4.90 Å². The van der Waals surface area contributed by atoms with Gasteiger partial charge in [-0.25, -0.2) is 9.97 Å². The molecule has 0 bridgehead atoms. The Kier molecular flexibility index (Phi) is 3.70. The monoisotopic (exact) mass is 269 g/mol. The van der Waals surface area contributed by atoms with Crippen molar-refractivity contribution in [2.24, 2.45) is 5.92 Å². The third kappa shape index (κ3) is 3.24. The smallest absolute Gasteiger partial charge is 0.142 e. The molecule has 15 heavy (non-hydrogen) atoms. The van der Waals surface area contributed by atoms with E-state index in [1.54, 1.807) is 12.4 Å². The average Bonchev–Trinajstić information content (AvgIpc) is 2.17. The Morgan fingerprint density at radius 2 is 2.13 bits per heavy atom. The van der Waals surface area contributed by atoms with Gasteiger partial charge in [-0.15, -0.1) is 0 Å². The summed E-state index contributed by atoms with van der Waals surface area (Å²) in [4.78, 5) is 11.5. The summed E-state index contributed by atoms with van der Waals surface area (Å²) in [5.41, 5.74) is 0. The Morgan fingerprint density at radius 3 is 2.80 bits per heavy atom. The predicted molar refractivity (Wildman–Crippen MR) is 63.8 cm³/mol. The topological polar surface area (TPSA) is 29.0 Å². The van der Waals surface area contributed by atoms with Crippen LogP contribution in [-0.2, 0) is 6.54 Å². The van der Waals surface area contributed by atoms with E-state index in [-0.39, 0.29) is 0 Å².